The number of amides is 1. The van der Waals surface area contributed by atoms with Crippen molar-refractivity contribution in [3.63, 3.8) is 0 Å². The first kappa shape index (κ1) is 9.34. The van der Waals surface area contributed by atoms with Crippen LogP contribution in [0.2, 0.25) is 5.02 Å². The maximum absolute atomic E-state index is 10.9. The van der Waals surface area contributed by atoms with Crippen LogP contribution in [0.1, 0.15) is 6.92 Å². The molecule has 1 amide bonds. The van der Waals surface area contributed by atoms with E-state index >= 15 is 0 Å². The Labute approximate surface area is 87.2 Å². The SMILES string of the molecule is CC1COc2cc(Cl)ccc2N1C=O. The van der Waals surface area contributed by atoms with Crippen molar-refractivity contribution in [1.82, 2.24) is 0 Å². The fourth-order valence-electron chi connectivity index (χ4n) is 1.51. The van der Waals surface area contributed by atoms with Crippen LogP contribution < -0.4 is 9.64 Å². The standard InChI is InChI=1S/C10H10ClNO2/c1-7-5-14-10-4-8(11)2-3-9(10)12(7)6-13/h2-4,6-7H,5H2,1H3. The molecule has 74 valence electrons. The Morgan fingerprint density at radius 3 is 3.14 bits per heavy atom. The number of hydrogen-bond acceptors (Lipinski definition) is 2. The van der Waals surface area contributed by atoms with Gasteiger partial charge in [0.15, 0.2) is 0 Å². The van der Waals surface area contributed by atoms with Gasteiger partial charge in [0.1, 0.15) is 12.4 Å². The fraction of sp³-hybridized carbons (Fsp3) is 0.300. The first-order valence-corrected chi connectivity index (χ1v) is 4.76. The van der Waals surface area contributed by atoms with E-state index in [0.29, 0.717) is 17.4 Å². The number of carbonyl (C=O) groups is 1. The highest BCUT2D eigenvalue weighted by Crippen LogP contribution is 2.34. The van der Waals surface area contributed by atoms with E-state index in [9.17, 15) is 4.79 Å². The number of nitrogens with zero attached hydrogens (tertiary/aromatic N) is 1. The van der Waals surface area contributed by atoms with Crippen LogP contribution in [-0.4, -0.2) is 19.1 Å². The third-order valence-electron chi connectivity index (χ3n) is 2.27. The van der Waals surface area contributed by atoms with E-state index in [1.165, 1.54) is 0 Å². The number of rotatable bonds is 1. The summed E-state index contributed by atoms with van der Waals surface area (Å²) in [7, 11) is 0. The Kier molecular flexibility index (Phi) is 2.33. The number of anilines is 1. The molecule has 1 aromatic rings. The monoisotopic (exact) mass is 211 g/mol. The van der Waals surface area contributed by atoms with E-state index in [-0.39, 0.29) is 6.04 Å². The summed E-state index contributed by atoms with van der Waals surface area (Å²) in [6.45, 7) is 2.44. The van der Waals surface area contributed by atoms with Crippen molar-refractivity contribution in [2.45, 2.75) is 13.0 Å². The van der Waals surface area contributed by atoms with Gasteiger partial charge in [-0.3, -0.25) is 4.79 Å². The zero-order valence-corrected chi connectivity index (χ0v) is 8.49. The molecule has 14 heavy (non-hydrogen) atoms. The maximum Gasteiger partial charge on any atom is 0.214 e. The number of hydrogen-bond donors (Lipinski definition) is 0. The van der Waals surface area contributed by atoms with Gasteiger partial charge >= 0.3 is 0 Å². The van der Waals surface area contributed by atoms with Crippen LogP contribution >= 0.6 is 11.6 Å². The molecule has 1 unspecified atom stereocenters. The molecule has 0 spiro atoms. The van der Waals surface area contributed by atoms with Crippen molar-refractivity contribution in [3.8, 4) is 5.75 Å². The molecule has 0 saturated carbocycles. The van der Waals surface area contributed by atoms with Crippen molar-refractivity contribution >= 4 is 23.7 Å². The third kappa shape index (κ3) is 1.44. The second kappa shape index (κ2) is 3.50. The second-order valence-electron chi connectivity index (χ2n) is 3.28. The van der Waals surface area contributed by atoms with E-state index in [4.69, 9.17) is 16.3 Å². The molecule has 0 fully saturated rings. The molecule has 1 atom stereocenters. The van der Waals surface area contributed by atoms with Crippen LogP contribution in [0.5, 0.6) is 5.75 Å². The Balaban J connectivity index is 2.46. The zero-order valence-electron chi connectivity index (χ0n) is 7.74. The maximum atomic E-state index is 10.9. The Bertz CT molecular complexity index is 367. The Morgan fingerprint density at radius 1 is 1.64 bits per heavy atom. The quantitative estimate of drug-likeness (QED) is 0.666. The molecule has 1 aromatic carbocycles. The number of halogens is 1. The van der Waals surface area contributed by atoms with Crippen molar-refractivity contribution in [1.29, 1.82) is 0 Å². The van der Waals surface area contributed by atoms with Crippen LogP contribution in [0.4, 0.5) is 5.69 Å². The molecule has 4 heteroatoms. The van der Waals surface area contributed by atoms with E-state index < -0.39 is 0 Å². The average Bonchev–Trinajstić information content (AvgIpc) is 2.18. The summed E-state index contributed by atoms with van der Waals surface area (Å²) < 4.78 is 5.46. The predicted molar refractivity (Wildman–Crippen MR) is 55.0 cm³/mol. The fourth-order valence-corrected chi connectivity index (χ4v) is 1.67. The van der Waals surface area contributed by atoms with Crippen molar-refractivity contribution in [3.05, 3.63) is 23.2 Å². The molecule has 0 N–H and O–H groups in total. The summed E-state index contributed by atoms with van der Waals surface area (Å²) in [5.41, 5.74) is 0.781. The lowest BCUT2D eigenvalue weighted by Crippen LogP contribution is -2.39. The van der Waals surface area contributed by atoms with Gasteiger partial charge < -0.3 is 9.64 Å². The van der Waals surface area contributed by atoms with E-state index in [1.54, 1.807) is 23.1 Å². The van der Waals surface area contributed by atoms with Gasteiger partial charge in [-0.05, 0) is 19.1 Å². The minimum absolute atomic E-state index is 0.0705. The number of fused-ring (bicyclic) bond motifs is 1. The average molecular weight is 212 g/mol. The molecule has 1 heterocycles. The largest absolute Gasteiger partial charge is 0.489 e. The van der Waals surface area contributed by atoms with E-state index in [1.807, 2.05) is 6.92 Å². The van der Waals surface area contributed by atoms with Gasteiger partial charge in [0.25, 0.3) is 0 Å². The molecule has 0 saturated heterocycles. The molecule has 1 aliphatic heterocycles. The molecule has 0 aliphatic carbocycles. The number of ether oxygens (including phenoxy) is 1. The lowest BCUT2D eigenvalue weighted by atomic mass is 10.2. The summed E-state index contributed by atoms with van der Waals surface area (Å²) in [4.78, 5) is 12.5. The van der Waals surface area contributed by atoms with Crippen molar-refractivity contribution < 1.29 is 9.53 Å². The van der Waals surface area contributed by atoms with Gasteiger partial charge in [-0.25, -0.2) is 0 Å². The van der Waals surface area contributed by atoms with Gasteiger partial charge in [-0.1, -0.05) is 11.6 Å². The lowest BCUT2D eigenvalue weighted by molar-refractivity contribution is -0.108. The lowest BCUT2D eigenvalue weighted by Gasteiger charge is -2.32. The second-order valence-corrected chi connectivity index (χ2v) is 3.72. The molecule has 0 radical (unpaired) electrons. The molecule has 0 bridgehead atoms. The highest BCUT2D eigenvalue weighted by atomic mass is 35.5. The third-order valence-corrected chi connectivity index (χ3v) is 2.50. The normalized spacial score (nSPS) is 19.9. The highest BCUT2D eigenvalue weighted by molar-refractivity contribution is 6.30. The summed E-state index contributed by atoms with van der Waals surface area (Å²) in [5.74, 6) is 0.669. The van der Waals surface area contributed by atoms with E-state index in [2.05, 4.69) is 0 Å². The van der Waals surface area contributed by atoms with Crippen LogP contribution in [0.25, 0.3) is 0 Å². The number of carbonyl (C=O) groups excluding carboxylic acids is 1. The molecule has 1 aliphatic rings. The van der Waals surface area contributed by atoms with Crippen LogP contribution in [0, 0.1) is 0 Å². The molecule has 3 nitrogen and oxygen atoms in total. The van der Waals surface area contributed by atoms with Crippen LogP contribution in [-0.2, 0) is 4.79 Å². The van der Waals surface area contributed by atoms with Gasteiger partial charge in [-0.2, -0.15) is 0 Å². The topological polar surface area (TPSA) is 29.5 Å². The zero-order chi connectivity index (χ0) is 10.1. The highest BCUT2D eigenvalue weighted by Gasteiger charge is 2.23. The molecular formula is C10H10ClNO2. The summed E-state index contributed by atoms with van der Waals surface area (Å²) in [6.07, 6.45) is 0.819. The van der Waals surface area contributed by atoms with E-state index in [0.717, 1.165) is 12.1 Å². The Hall–Kier alpha value is -1.22. The van der Waals surface area contributed by atoms with Gasteiger partial charge in [0.05, 0.1) is 11.7 Å². The van der Waals surface area contributed by atoms with Gasteiger partial charge in [-0.15, -0.1) is 0 Å². The van der Waals surface area contributed by atoms with Crippen LogP contribution in [0.3, 0.4) is 0 Å². The molecular weight excluding hydrogens is 202 g/mol. The smallest absolute Gasteiger partial charge is 0.214 e. The summed E-state index contributed by atoms with van der Waals surface area (Å²) in [5, 5.41) is 0.615. The summed E-state index contributed by atoms with van der Waals surface area (Å²) >= 11 is 5.82. The van der Waals surface area contributed by atoms with Crippen LogP contribution in [0.15, 0.2) is 18.2 Å². The predicted octanol–water partition coefficient (Wildman–Crippen LogP) is 2.08. The minimum Gasteiger partial charge on any atom is -0.489 e. The molecule has 2 rings (SSSR count). The van der Waals surface area contributed by atoms with Crippen molar-refractivity contribution in [2.24, 2.45) is 0 Å². The first-order chi connectivity index (χ1) is 6.72. The first-order valence-electron chi connectivity index (χ1n) is 4.38. The molecule has 0 aromatic heterocycles. The van der Waals surface area contributed by atoms with Gasteiger partial charge in [0.2, 0.25) is 6.41 Å². The Morgan fingerprint density at radius 2 is 2.43 bits per heavy atom. The van der Waals surface area contributed by atoms with Crippen molar-refractivity contribution in [2.75, 3.05) is 11.5 Å². The van der Waals surface area contributed by atoms with Gasteiger partial charge in [0, 0.05) is 11.1 Å². The summed E-state index contributed by atoms with van der Waals surface area (Å²) in [6, 6.07) is 5.33. The number of benzene rings is 1. The minimum atomic E-state index is 0.0705.